The number of amides is 2. The van der Waals surface area contributed by atoms with Gasteiger partial charge in [-0.15, -0.1) is 0 Å². The van der Waals surface area contributed by atoms with E-state index in [4.69, 9.17) is 9.47 Å². The molecular weight excluding hydrogens is 332 g/mol. The second kappa shape index (κ2) is 8.47. The predicted molar refractivity (Wildman–Crippen MR) is 99.4 cm³/mol. The van der Waals surface area contributed by atoms with Gasteiger partial charge in [-0.3, -0.25) is 9.59 Å². The van der Waals surface area contributed by atoms with Gasteiger partial charge in [0.1, 0.15) is 0 Å². The van der Waals surface area contributed by atoms with Gasteiger partial charge in [0.2, 0.25) is 5.91 Å². The van der Waals surface area contributed by atoms with Crippen LogP contribution in [0.5, 0.6) is 0 Å². The molecule has 0 radical (unpaired) electrons. The lowest BCUT2D eigenvalue weighted by molar-refractivity contribution is -0.114. The van der Waals surface area contributed by atoms with E-state index in [0.29, 0.717) is 25.3 Å². The number of hydrogen-bond acceptors (Lipinski definition) is 4. The molecule has 3 rings (SSSR count). The summed E-state index contributed by atoms with van der Waals surface area (Å²) >= 11 is 0. The van der Waals surface area contributed by atoms with Crippen LogP contribution in [0, 0.1) is 0 Å². The van der Waals surface area contributed by atoms with Crippen LogP contribution in [-0.2, 0) is 20.7 Å². The molecule has 1 aromatic carbocycles. The van der Waals surface area contributed by atoms with Crippen molar-refractivity contribution in [2.24, 2.45) is 0 Å². The van der Waals surface area contributed by atoms with Gasteiger partial charge in [0, 0.05) is 44.5 Å². The summed E-state index contributed by atoms with van der Waals surface area (Å²) < 4.78 is 11.1. The van der Waals surface area contributed by atoms with Crippen molar-refractivity contribution in [2.75, 3.05) is 31.7 Å². The molecule has 140 valence electrons. The molecule has 6 heteroatoms. The topological polar surface area (TPSA) is 67.9 Å². The average Bonchev–Trinajstić information content (AvgIpc) is 2.70. The van der Waals surface area contributed by atoms with Crippen LogP contribution < -0.4 is 10.2 Å². The molecule has 2 aliphatic heterocycles. The van der Waals surface area contributed by atoms with Crippen LogP contribution in [0.3, 0.4) is 0 Å². The highest BCUT2D eigenvalue weighted by Gasteiger charge is 2.24. The van der Waals surface area contributed by atoms with Crippen LogP contribution in [-0.4, -0.2) is 50.8 Å². The van der Waals surface area contributed by atoms with E-state index in [0.717, 1.165) is 36.9 Å². The van der Waals surface area contributed by atoms with Crippen molar-refractivity contribution in [3.63, 3.8) is 0 Å². The normalized spacial score (nSPS) is 22.4. The molecular formula is C20H26N2O4. The maximum absolute atomic E-state index is 12.5. The van der Waals surface area contributed by atoms with Crippen molar-refractivity contribution in [1.29, 1.82) is 0 Å². The van der Waals surface area contributed by atoms with Gasteiger partial charge in [-0.25, -0.2) is 0 Å². The average molecular weight is 358 g/mol. The second-order valence-electron chi connectivity index (χ2n) is 6.73. The molecule has 1 aromatic rings. The Balaban J connectivity index is 1.63. The molecule has 6 nitrogen and oxygen atoms in total. The van der Waals surface area contributed by atoms with E-state index in [9.17, 15) is 9.59 Å². The maximum atomic E-state index is 12.5. The SMILES string of the molecule is C=CC(=O)N1CCCc2cc(C(=O)NC[C@@H]3C[C@H](OC)CCO3)ccc21. The Hall–Kier alpha value is -2.18. The van der Waals surface area contributed by atoms with E-state index in [-0.39, 0.29) is 24.0 Å². The minimum Gasteiger partial charge on any atom is -0.381 e. The number of carbonyl (C=O) groups is 2. The Bertz CT molecular complexity index is 688. The van der Waals surface area contributed by atoms with Gasteiger partial charge in [0.05, 0.1) is 12.2 Å². The Kier molecular flexibility index (Phi) is 6.06. The Morgan fingerprint density at radius 2 is 2.31 bits per heavy atom. The van der Waals surface area contributed by atoms with E-state index in [1.54, 1.807) is 18.1 Å². The smallest absolute Gasteiger partial charge is 0.251 e. The molecule has 2 amide bonds. The van der Waals surface area contributed by atoms with E-state index >= 15 is 0 Å². The van der Waals surface area contributed by atoms with Crippen LogP contribution in [0.25, 0.3) is 0 Å². The van der Waals surface area contributed by atoms with Crippen molar-refractivity contribution in [1.82, 2.24) is 5.32 Å². The van der Waals surface area contributed by atoms with Gasteiger partial charge in [-0.1, -0.05) is 6.58 Å². The lowest BCUT2D eigenvalue weighted by Crippen LogP contribution is -2.39. The molecule has 0 bridgehead atoms. The van der Waals surface area contributed by atoms with E-state index in [1.807, 2.05) is 12.1 Å². The van der Waals surface area contributed by atoms with Gasteiger partial charge in [0.25, 0.3) is 5.91 Å². The van der Waals surface area contributed by atoms with Crippen LogP contribution in [0.2, 0.25) is 0 Å². The summed E-state index contributed by atoms with van der Waals surface area (Å²) in [5, 5.41) is 2.95. The lowest BCUT2D eigenvalue weighted by atomic mass is 9.98. The fourth-order valence-electron chi connectivity index (χ4n) is 3.59. The van der Waals surface area contributed by atoms with Crippen LogP contribution in [0.15, 0.2) is 30.9 Å². The van der Waals surface area contributed by atoms with Crippen molar-refractivity contribution in [3.8, 4) is 0 Å². The zero-order valence-electron chi connectivity index (χ0n) is 15.2. The largest absolute Gasteiger partial charge is 0.381 e. The van der Waals surface area contributed by atoms with Gasteiger partial charge in [-0.2, -0.15) is 0 Å². The molecule has 1 fully saturated rings. The highest BCUT2D eigenvalue weighted by atomic mass is 16.5. The summed E-state index contributed by atoms with van der Waals surface area (Å²) in [6.45, 7) is 5.37. The number of benzene rings is 1. The fourth-order valence-corrected chi connectivity index (χ4v) is 3.59. The van der Waals surface area contributed by atoms with Crippen LogP contribution in [0.1, 0.15) is 35.2 Å². The summed E-state index contributed by atoms with van der Waals surface area (Å²) in [7, 11) is 1.71. The molecule has 2 aliphatic rings. The molecule has 1 saturated heterocycles. The van der Waals surface area contributed by atoms with Crippen LogP contribution in [0.4, 0.5) is 5.69 Å². The number of nitrogens with one attached hydrogen (secondary N) is 1. The fraction of sp³-hybridized carbons (Fsp3) is 0.500. The molecule has 0 saturated carbocycles. The molecule has 1 N–H and O–H groups in total. The number of ether oxygens (including phenoxy) is 2. The number of hydrogen-bond donors (Lipinski definition) is 1. The molecule has 26 heavy (non-hydrogen) atoms. The monoisotopic (exact) mass is 358 g/mol. The molecule has 2 heterocycles. The number of aryl methyl sites for hydroxylation is 1. The molecule has 0 spiro atoms. The van der Waals surface area contributed by atoms with Gasteiger partial charge in [-0.05, 0) is 49.1 Å². The number of fused-ring (bicyclic) bond motifs is 1. The van der Waals surface area contributed by atoms with Crippen molar-refractivity contribution < 1.29 is 19.1 Å². The van der Waals surface area contributed by atoms with Gasteiger partial charge < -0.3 is 19.7 Å². The summed E-state index contributed by atoms with van der Waals surface area (Å²) in [4.78, 5) is 26.2. The number of anilines is 1. The van der Waals surface area contributed by atoms with Gasteiger partial charge in [0.15, 0.2) is 0 Å². The number of rotatable bonds is 5. The molecule has 2 atom stereocenters. The summed E-state index contributed by atoms with van der Waals surface area (Å²) in [5.41, 5.74) is 2.50. The Labute approximate surface area is 154 Å². The predicted octanol–water partition coefficient (Wildman–Crippen LogP) is 2.08. The van der Waals surface area contributed by atoms with Crippen molar-refractivity contribution in [3.05, 3.63) is 42.0 Å². The number of nitrogens with zero attached hydrogens (tertiary/aromatic N) is 1. The summed E-state index contributed by atoms with van der Waals surface area (Å²) in [6.07, 6.45) is 4.93. The first-order chi connectivity index (χ1) is 12.6. The Morgan fingerprint density at radius 1 is 1.46 bits per heavy atom. The minimum absolute atomic E-state index is 0.0176. The zero-order valence-corrected chi connectivity index (χ0v) is 15.2. The third kappa shape index (κ3) is 4.14. The molecule has 0 unspecified atom stereocenters. The highest BCUT2D eigenvalue weighted by molar-refractivity contribution is 6.02. The summed E-state index contributed by atoms with van der Waals surface area (Å²) in [6, 6.07) is 5.50. The first-order valence-electron chi connectivity index (χ1n) is 9.12. The molecule has 0 aliphatic carbocycles. The van der Waals surface area contributed by atoms with E-state index in [2.05, 4.69) is 11.9 Å². The summed E-state index contributed by atoms with van der Waals surface area (Å²) in [5.74, 6) is -0.228. The highest BCUT2D eigenvalue weighted by Crippen LogP contribution is 2.28. The Morgan fingerprint density at radius 3 is 3.08 bits per heavy atom. The van der Waals surface area contributed by atoms with Gasteiger partial charge >= 0.3 is 0 Å². The zero-order chi connectivity index (χ0) is 18.5. The van der Waals surface area contributed by atoms with E-state index < -0.39 is 0 Å². The quantitative estimate of drug-likeness (QED) is 0.819. The number of carbonyl (C=O) groups excluding carboxylic acids is 2. The number of methoxy groups -OCH3 is 1. The van der Waals surface area contributed by atoms with E-state index in [1.165, 1.54) is 6.08 Å². The third-order valence-corrected chi connectivity index (χ3v) is 5.04. The van der Waals surface area contributed by atoms with Crippen molar-refractivity contribution in [2.45, 2.75) is 37.9 Å². The maximum Gasteiger partial charge on any atom is 0.251 e. The molecule has 0 aromatic heterocycles. The third-order valence-electron chi connectivity index (χ3n) is 5.04. The van der Waals surface area contributed by atoms with Crippen LogP contribution >= 0.6 is 0 Å². The first-order valence-corrected chi connectivity index (χ1v) is 9.12. The standard InChI is InChI=1S/C20H26N2O4/c1-3-19(23)22-9-4-5-14-11-15(6-7-18(14)22)20(24)21-13-17-12-16(25-2)8-10-26-17/h3,6-7,11,16-17H,1,4-5,8-10,12-13H2,2H3,(H,21,24)/t16-,17+/m1/s1. The first kappa shape index (κ1) is 18.6. The second-order valence-corrected chi connectivity index (χ2v) is 6.73. The van der Waals surface area contributed by atoms with Crippen molar-refractivity contribution >= 4 is 17.5 Å². The lowest BCUT2D eigenvalue weighted by Gasteiger charge is -2.29. The minimum atomic E-state index is -0.122.